The summed E-state index contributed by atoms with van der Waals surface area (Å²) in [7, 11) is 0. The maximum absolute atomic E-state index is 10.7. The molecule has 0 atom stereocenters. The number of carbonyl (C=O) groups excluding carboxylic acids is 1. The molecule has 1 aromatic rings. The normalized spacial score (nSPS) is 16.2. The Hall–Kier alpha value is -1.83. The minimum absolute atomic E-state index is 0.406. The molecule has 0 fully saturated rings. The van der Waals surface area contributed by atoms with Gasteiger partial charge >= 0.3 is 0 Å². The number of hydrogen-bond donors (Lipinski definition) is 1. The van der Waals surface area contributed by atoms with Crippen molar-refractivity contribution < 1.29 is 4.79 Å². The predicted molar refractivity (Wildman–Crippen MR) is 52.6 cm³/mol. The van der Waals surface area contributed by atoms with Gasteiger partial charge < -0.3 is 5.73 Å². The van der Waals surface area contributed by atoms with Gasteiger partial charge in [0.15, 0.2) is 0 Å². The lowest BCUT2D eigenvalue weighted by Crippen LogP contribution is -2.06. The first kappa shape index (κ1) is 7.80. The second kappa shape index (κ2) is 2.90. The Morgan fingerprint density at radius 1 is 1.23 bits per heavy atom. The Morgan fingerprint density at radius 3 is 2.77 bits per heavy atom. The summed E-state index contributed by atoms with van der Waals surface area (Å²) in [5.74, 6) is -0.406. The average molecular weight is 171 g/mol. The molecule has 64 valence electrons. The highest BCUT2D eigenvalue weighted by Gasteiger charge is 2.09. The Morgan fingerprint density at radius 2 is 2.00 bits per heavy atom. The van der Waals surface area contributed by atoms with Crippen molar-refractivity contribution in [3.05, 3.63) is 47.5 Å². The molecule has 1 aliphatic rings. The molecule has 1 aliphatic carbocycles. The van der Waals surface area contributed by atoms with Gasteiger partial charge in [-0.25, -0.2) is 0 Å². The molecule has 0 aromatic heterocycles. The third kappa shape index (κ3) is 1.38. The zero-order chi connectivity index (χ0) is 9.26. The fourth-order valence-corrected chi connectivity index (χ4v) is 1.45. The van der Waals surface area contributed by atoms with Crippen LogP contribution in [0.5, 0.6) is 0 Å². The molecule has 0 saturated carbocycles. The van der Waals surface area contributed by atoms with E-state index in [1.165, 1.54) is 6.08 Å². The fourth-order valence-electron chi connectivity index (χ4n) is 1.45. The minimum Gasteiger partial charge on any atom is -0.366 e. The molecule has 2 N–H and O–H groups in total. The van der Waals surface area contributed by atoms with Crippen LogP contribution in [-0.2, 0) is 4.79 Å². The smallest absolute Gasteiger partial charge is 0.242 e. The van der Waals surface area contributed by atoms with Crippen LogP contribution in [0.25, 0.3) is 11.6 Å². The fraction of sp³-hybridized carbons (Fsp3) is 0. The summed E-state index contributed by atoms with van der Waals surface area (Å²) < 4.78 is 0. The largest absolute Gasteiger partial charge is 0.366 e. The highest BCUT2D eigenvalue weighted by atomic mass is 16.1. The molecule has 2 nitrogen and oxygen atoms in total. The molecule has 0 radical (unpaired) electrons. The number of rotatable bonds is 1. The molecular weight excluding hydrogens is 162 g/mol. The van der Waals surface area contributed by atoms with Gasteiger partial charge in [0.05, 0.1) is 0 Å². The zero-order valence-corrected chi connectivity index (χ0v) is 7.03. The van der Waals surface area contributed by atoms with Crippen LogP contribution in [0.3, 0.4) is 0 Å². The second-order valence-corrected chi connectivity index (χ2v) is 2.92. The monoisotopic (exact) mass is 171 g/mol. The number of primary amides is 1. The molecule has 1 aromatic carbocycles. The lowest BCUT2D eigenvalue weighted by molar-refractivity contribution is -0.113. The van der Waals surface area contributed by atoms with Crippen LogP contribution in [0.4, 0.5) is 0 Å². The van der Waals surface area contributed by atoms with Crippen molar-refractivity contribution in [1.82, 2.24) is 0 Å². The SMILES string of the molecule is NC(=O)C=C1C=Cc2ccccc21. The Balaban J connectivity index is 2.50. The summed E-state index contributed by atoms with van der Waals surface area (Å²) in [6.07, 6.45) is 5.32. The van der Waals surface area contributed by atoms with Crippen molar-refractivity contribution in [2.75, 3.05) is 0 Å². The molecule has 13 heavy (non-hydrogen) atoms. The van der Waals surface area contributed by atoms with E-state index in [1.807, 2.05) is 36.4 Å². The van der Waals surface area contributed by atoms with Crippen molar-refractivity contribution in [3.8, 4) is 0 Å². The van der Waals surface area contributed by atoms with E-state index in [2.05, 4.69) is 0 Å². The maximum Gasteiger partial charge on any atom is 0.242 e. The highest BCUT2D eigenvalue weighted by Crippen LogP contribution is 2.28. The molecule has 0 heterocycles. The summed E-state index contributed by atoms with van der Waals surface area (Å²) >= 11 is 0. The number of allylic oxidation sites excluding steroid dienone is 2. The molecule has 0 saturated heterocycles. The van der Waals surface area contributed by atoms with E-state index in [-0.39, 0.29) is 0 Å². The molecular formula is C11H9NO. The summed E-state index contributed by atoms with van der Waals surface area (Å²) in [6.45, 7) is 0. The van der Waals surface area contributed by atoms with E-state index >= 15 is 0 Å². The lowest BCUT2D eigenvalue weighted by atomic mass is 10.1. The molecule has 2 heteroatoms. The number of carbonyl (C=O) groups is 1. The third-order valence-corrected chi connectivity index (χ3v) is 2.01. The maximum atomic E-state index is 10.7. The highest BCUT2D eigenvalue weighted by molar-refractivity contribution is 6.01. The van der Waals surface area contributed by atoms with Crippen LogP contribution >= 0.6 is 0 Å². The first-order valence-electron chi connectivity index (χ1n) is 4.06. The second-order valence-electron chi connectivity index (χ2n) is 2.92. The van der Waals surface area contributed by atoms with E-state index in [0.717, 1.165) is 16.7 Å². The van der Waals surface area contributed by atoms with Crippen molar-refractivity contribution in [3.63, 3.8) is 0 Å². The quantitative estimate of drug-likeness (QED) is 0.640. The van der Waals surface area contributed by atoms with Gasteiger partial charge in [-0.3, -0.25) is 4.79 Å². The van der Waals surface area contributed by atoms with Gasteiger partial charge in [0, 0.05) is 6.08 Å². The standard InChI is InChI=1S/C11H9NO/c12-11(13)7-9-6-5-8-3-1-2-4-10(8)9/h1-7H,(H2,12,13). The molecule has 0 unspecified atom stereocenters. The van der Waals surface area contributed by atoms with E-state index in [0.29, 0.717) is 0 Å². The van der Waals surface area contributed by atoms with Gasteiger partial charge in [0.1, 0.15) is 0 Å². The van der Waals surface area contributed by atoms with Crippen LogP contribution in [0.1, 0.15) is 11.1 Å². The van der Waals surface area contributed by atoms with Gasteiger partial charge in [-0.05, 0) is 16.7 Å². The zero-order valence-electron chi connectivity index (χ0n) is 7.03. The van der Waals surface area contributed by atoms with Gasteiger partial charge in [-0.2, -0.15) is 0 Å². The first-order valence-corrected chi connectivity index (χ1v) is 4.06. The number of hydrogen-bond acceptors (Lipinski definition) is 1. The van der Waals surface area contributed by atoms with E-state index in [9.17, 15) is 4.79 Å². The number of amides is 1. The molecule has 0 aliphatic heterocycles. The van der Waals surface area contributed by atoms with Crippen molar-refractivity contribution in [2.24, 2.45) is 5.73 Å². The molecule has 2 rings (SSSR count). The number of fused-ring (bicyclic) bond motifs is 1. The summed E-state index contributed by atoms with van der Waals surface area (Å²) in [5.41, 5.74) is 8.18. The summed E-state index contributed by atoms with van der Waals surface area (Å²) in [6, 6.07) is 7.90. The first-order chi connectivity index (χ1) is 6.27. The van der Waals surface area contributed by atoms with Crippen LogP contribution in [0.2, 0.25) is 0 Å². The van der Waals surface area contributed by atoms with Gasteiger partial charge in [-0.15, -0.1) is 0 Å². The topological polar surface area (TPSA) is 43.1 Å². The van der Waals surface area contributed by atoms with E-state index < -0.39 is 5.91 Å². The van der Waals surface area contributed by atoms with Crippen molar-refractivity contribution in [1.29, 1.82) is 0 Å². The van der Waals surface area contributed by atoms with Gasteiger partial charge in [0.25, 0.3) is 0 Å². The molecule has 1 amide bonds. The van der Waals surface area contributed by atoms with Gasteiger partial charge in [-0.1, -0.05) is 36.4 Å². The number of nitrogens with two attached hydrogens (primary N) is 1. The Labute approximate surface area is 76.4 Å². The predicted octanol–water partition coefficient (Wildman–Crippen LogP) is 1.58. The molecule has 0 bridgehead atoms. The van der Waals surface area contributed by atoms with Crippen molar-refractivity contribution >= 4 is 17.6 Å². The Bertz CT molecular complexity index is 416. The average Bonchev–Trinajstić information content (AvgIpc) is 2.48. The minimum atomic E-state index is -0.406. The summed E-state index contributed by atoms with van der Waals surface area (Å²) in [5, 5.41) is 0. The van der Waals surface area contributed by atoms with Crippen LogP contribution in [-0.4, -0.2) is 5.91 Å². The van der Waals surface area contributed by atoms with Crippen LogP contribution in [0, 0.1) is 0 Å². The van der Waals surface area contributed by atoms with Crippen LogP contribution < -0.4 is 5.73 Å². The Kier molecular flexibility index (Phi) is 1.74. The third-order valence-electron chi connectivity index (χ3n) is 2.01. The van der Waals surface area contributed by atoms with E-state index in [4.69, 9.17) is 5.73 Å². The number of benzene rings is 1. The van der Waals surface area contributed by atoms with Crippen LogP contribution in [0.15, 0.2) is 36.4 Å². The lowest BCUT2D eigenvalue weighted by Gasteiger charge is -1.98. The van der Waals surface area contributed by atoms with Crippen molar-refractivity contribution in [2.45, 2.75) is 0 Å². The summed E-state index contributed by atoms with van der Waals surface area (Å²) in [4.78, 5) is 10.7. The molecule has 0 spiro atoms. The van der Waals surface area contributed by atoms with E-state index in [1.54, 1.807) is 0 Å². The van der Waals surface area contributed by atoms with Gasteiger partial charge in [0.2, 0.25) is 5.91 Å².